The molecule has 8 aromatic carbocycles. The van der Waals surface area contributed by atoms with Crippen LogP contribution in [-0.2, 0) is 6.42 Å². The van der Waals surface area contributed by atoms with E-state index in [0.717, 1.165) is 6.42 Å². The van der Waals surface area contributed by atoms with Crippen LogP contribution in [0.25, 0.3) is 88.4 Å². The molecule has 0 amide bonds. The molecule has 0 unspecified atom stereocenters. The molecule has 238 valence electrons. The van der Waals surface area contributed by atoms with Gasteiger partial charge < -0.3 is 9.13 Å². The summed E-state index contributed by atoms with van der Waals surface area (Å²) in [4.78, 5) is 0. The lowest BCUT2D eigenvalue weighted by atomic mass is 9.98. The second kappa shape index (κ2) is 10.9. The minimum atomic E-state index is 1.02. The Kier molecular flexibility index (Phi) is 6.05. The smallest absolute Gasteiger partial charge is 0.0541 e. The van der Waals surface area contributed by atoms with Crippen LogP contribution >= 0.6 is 0 Å². The van der Waals surface area contributed by atoms with E-state index < -0.39 is 0 Å². The van der Waals surface area contributed by atoms with E-state index in [1.165, 1.54) is 99.5 Å². The summed E-state index contributed by atoms with van der Waals surface area (Å²) in [6, 6.07) is 66.9. The summed E-state index contributed by atoms with van der Waals surface area (Å²) in [5.74, 6) is 0. The van der Waals surface area contributed by atoms with E-state index in [4.69, 9.17) is 0 Å². The first kappa shape index (κ1) is 28.2. The van der Waals surface area contributed by atoms with Gasteiger partial charge in [-0.2, -0.15) is 0 Å². The molecule has 0 bridgehead atoms. The standard InChI is InChI=1S/C49H32N2/c1-2-11-38(12-3-1)50-46-16-8-6-14-41(46)44-30-34(22-26-48(44)50)35-23-27-49-45(31-35)42-15-7-9-17-47(42)51(49)39-24-20-32(21-25-39)33-18-19-37-28-36-10-4-5-13-40(36)43(37)29-33/h1-27,29-31H,28H2. The molecule has 2 heterocycles. The zero-order chi connectivity index (χ0) is 33.5. The van der Waals surface area contributed by atoms with E-state index in [1.54, 1.807) is 0 Å². The van der Waals surface area contributed by atoms with Gasteiger partial charge in [-0.1, -0.05) is 115 Å². The Morgan fingerprint density at radius 2 is 0.765 bits per heavy atom. The first-order valence-electron chi connectivity index (χ1n) is 17.7. The molecule has 0 saturated carbocycles. The number of benzene rings is 8. The monoisotopic (exact) mass is 648 g/mol. The predicted molar refractivity (Wildman–Crippen MR) is 214 cm³/mol. The van der Waals surface area contributed by atoms with Gasteiger partial charge in [0.25, 0.3) is 0 Å². The third-order valence-corrected chi connectivity index (χ3v) is 11.0. The number of rotatable bonds is 4. The fourth-order valence-corrected chi connectivity index (χ4v) is 8.54. The Balaban J connectivity index is 1.01. The van der Waals surface area contributed by atoms with Crippen molar-refractivity contribution in [2.75, 3.05) is 0 Å². The first-order chi connectivity index (χ1) is 25.3. The zero-order valence-corrected chi connectivity index (χ0v) is 27.9. The minimum Gasteiger partial charge on any atom is -0.309 e. The van der Waals surface area contributed by atoms with Gasteiger partial charge in [0.2, 0.25) is 0 Å². The molecule has 0 atom stereocenters. The van der Waals surface area contributed by atoms with Crippen LogP contribution in [0.5, 0.6) is 0 Å². The fraction of sp³-hybridized carbons (Fsp3) is 0.0204. The van der Waals surface area contributed by atoms with Gasteiger partial charge >= 0.3 is 0 Å². The summed E-state index contributed by atoms with van der Waals surface area (Å²) in [6.07, 6.45) is 1.02. The lowest BCUT2D eigenvalue weighted by Gasteiger charge is -2.11. The van der Waals surface area contributed by atoms with E-state index in [0.29, 0.717) is 0 Å². The van der Waals surface area contributed by atoms with Crippen molar-refractivity contribution in [2.24, 2.45) is 0 Å². The maximum atomic E-state index is 2.41. The molecular weight excluding hydrogens is 617 g/mol. The highest BCUT2D eigenvalue weighted by molar-refractivity contribution is 6.12. The van der Waals surface area contributed by atoms with Crippen molar-refractivity contribution in [3.63, 3.8) is 0 Å². The van der Waals surface area contributed by atoms with Gasteiger partial charge in [0.05, 0.1) is 22.1 Å². The summed E-state index contributed by atoms with van der Waals surface area (Å²) < 4.78 is 4.79. The largest absolute Gasteiger partial charge is 0.309 e. The molecular formula is C49H32N2. The Bertz CT molecular complexity index is 2980. The van der Waals surface area contributed by atoms with Gasteiger partial charge in [-0.25, -0.2) is 0 Å². The molecule has 11 rings (SSSR count). The fourth-order valence-electron chi connectivity index (χ4n) is 8.54. The lowest BCUT2D eigenvalue weighted by molar-refractivity contribution is 1.18. The summed E-state index contributed by atoms with van der Waals surface area (Å²) in [5, 5.41) is 5.06. The van der Waals surface area contributed by atoms with Gasteiger partial charge in [-0.05, 0) is 118 Å². The van der Waals surface area contributed by atoms with Crippen LogP contribution < -0.4 is 0 Å². The minimum absolute atomic E-state index is 1.02. The Labute approximate surface area is 296 Å². The summed E-state index contributed by atoms with van der Waals surface area (Å²) in [7, 11) is 0. The Hall–Kier alpha value is -6.64. The first-order valence-corrected chi connectivity index (χ1v) is 17.7. The molecule has 0 saturated heterocycles. The quantitative estimate of drug-likeness (QED) is 0.180. The second-order valence-corrected chi connectivity index (χ2v) is 13.8. The van der Waals surface area contributed by atoms with E-state index in [1.807, 2.05) is 0 Å². The van der Waals surface area contributed by atoms with Gasteiger partial charge in [-0.3, -0.25) is 0 Å². The highest BCUT2D eigenvalue weighted by Crippen LogP contribution is 2.41. The molecule has 0 radical (unpaired) electrons. The molecule has 51 heavy (non-hydrogen) atoms. The number of fused-ring (bicyclic) bond motifs is 9. The SMILES string of the molecule is c1ccc(-n2c3ccccc3c3cc(-c4ccc5c(c4)c4ccccc4n5-c4ccc(-c5ccc6c(c5)-c5ccccc5C6)cc4)ccc32)cc1. The van der Waals surface area contributed by atoms with Crippen LogP contribution in [-0.4, -0.2) is 9.13 Å². The molecule has 1 aliphatic rings. The summed E-state index contributed by atoms with van der Waals surface area (Å²) in [6.45, 7) is 0. The third kappa shape index (κ3) is 4.30. The normalized spacial score (nSPS) is 12.2. The number of hydrogen-bond donors (Lipinski definition) is 0. The summed E-state index contributed by atoms with van der Waals surface area (Å²) >= 11 is 0. The van der Waals surface area contributed by atoms with Gasteiger partial charge in [0, 0.05) is 32.9 Å². The van der Waals surface area contributed by atoms with Crippen molar-refractivity contribution in [1.29, 1.82) is 0 Å². The maximum Gasteiger partial charge on any atom is 0.0541 e. The molecule has 0 spiro atoms. The molecule has 1 aliphatic carbocycles. The number of nitrogens with zero attached hydrogens (tertiary/aromatic N) is 2. The van der Waals surface area contributed by atoms with Crippen molar-refractivity contribution in [2.45, 2.75) is 6.42 Å². The Morgan fingerprint density at radius 1 is 0.294 bits per heavy atom. The molecule has 0 fully saturated rings. The van der Waals surface area contributed by atoms with Gasteiger partial charge in [0.1, 0.15) is 0 Å². The van der Waals surface area contributed by atoms with E-state index in [2.05, 4.69) is 191 Å². The molecule has 0 N–H and O–H groups in total. The van der Waals surface area contributed by atoms with Crippen LogP contribution in [0.3, 0.4) is 0 Å². The van der Waals surface area contributed by atoms with Crippen LogP contribution in [0.2, 0.25) is 0 Å². The molecule has 10 aromatic rings. The van der Waals surface area contributed by atoms with Crippen LogP contribution in [0.1, 0.15) is 11.1 Å². The lowest BCUT2D eigenvalue weighted by Crippen LogP contribution is -1.94. The number of hydrogen-bond acceptors (Lipinski definition) is 0. The van der Waals surface area contributed by atoms with Crippen LogP contribution in [0, 0.1) is 0 Å². The van der Waals surface area contributed by atoms with Crippen molar-refractivity contribution in [3.05, 3.63) is 193 Å². The number of aromatic nitrogens is 2. The average molecular weight is 649 g/mol. The second-order valence-electron chi connectivity index (χ2n) is 13.8. The van der Waals surface area contributed by atoms with Crippen molar-refractivity contribution in [1.82, 2.24) is 9.13 Å². The van der Waals surface area contributed by atoms with Crippen molar-refractivity contribution >= 4 is 43.6 Å². The maximum absolute atomic E-state index is 2.41. The molecule has 0 aliphatic heterocycles. The van der Waals surface area contributed by atoms with Gasteiger partial charge in [0.15, 0.2) is 0 Å². The van der Waals surface area contributed by atoms with E-state index in [9.17, 15) is 0 Å². The van der Waals surface area contributed by atoms with Crippen LogP contribution in [0.15, 0.2) is 182 Å². The zero-order valence-electron chi connectivity index (χ0n) is 27.9. The van der Waals surface area contributed by atoms with E-state index >= 15 is 0 Å². The van der Waals surface area contributed by atoms with Gasteiger partial charge in [-0.15, -0.1) is 0 Å². The molecule has 2 heteroatoms. The topological polar surface area (TPSA) is 9.86 Å². The molecule has 2 aromatic heterocycles. The average Bonchev–Trinajstić information content (AvgIpc) is 3.85. The van der Waals surface area contributed by atoms with Crippen LogP contribution in [0.4, 0.5) is 0 Å². The molecule has 2 nitrogen and oxygen atoms in total. The van der Waals surface area contributed by atoms with E-state index in [-0.39, 0.29) is 0 Å². The van der Waals surface area contributed by atoms with Crippen molar-refractivity contribution in [3.8, 4) is 44.8 Å². The van der Waals surface area contributed by atoms with Crippen molar-refractivity contribution < 1.29 is 0 Å². The highest BCUT2D eigenvalue weighted by atomic mass is 15.0. The predicted octanol–water partition coefficient (Wildman–Crippen LogP) is 12.8. The Morgan fingerprint density at radius 3 is 1.43 bits per heavy atom. The number of para-hydroxylation sites is 3. The highest BCUT2D eigenvalue weighted by Gasteiger charge is 2.19. The third-order valence-electron chi connectivity index (χ3n) is 11.0. The summed E-state index contributed by atoms with van der Waals surface area (Å²) in [5.41, 5.74) is 17.7.